The van der Waals surface area contributed by atoms with Crippen LogP contribution in [0.15, 0.2) is 5.38 Å². The van der Waals surface area contributed by atoms with Crippen LogP contribution in [0.1, 0.15) is 26.5 Å². The summed E-state index contributed by atoms with van der Waals surface area (Å²) in [5.41, 5.74) is 0.222. The number of anilines is 1. The van der Waals surface area contributed by atoms with Crippen molar-refractivity contribution in [2.75, 3.05) is 32.5 Å². The van der Waals surface area contributed by atoms with Crippen molar-refractivity contribution in [1.29, 1.82) is 0 Å². The molecule has 0 saturated carbocycles. The molecule has 2 amide bonds. The summed E-state index contributed by atoms with van der Waals surface area (Å²) >= 11 is 1.34. The first-order chi connectivity index (χ1) is 9.74. The Labute approximate surface area is 154 Å². The Morgan fingerprint density at radius 3 is 2.43 bits per heavy atom. The Morgan fingerprint density at radius 1 is 1.30 bits per heavy atom. The Hall–Kier alpha value is -0.890. The van der Waals surface area contributed by atoms with Gasteiger partial charge in [-0.1, -0.05) is 20.8 Å². The number of halogens is 2. The number of aromatic nitrogens is 1. The average molecular weight is 385 g/mol. The molecule has 6 nitrogen and oxygen atoms in total. The van der Waals surface area contributed by atoms with Crippen LogP contribution in [-0.2, 0) is 16.0 Å². The van der Waals surface area contributed by atoms with Gasteiger partial charge in [-0.25, -0.2) is 4.98 Å². The largest absolute Gasteiger partial charge is 0.344 e. The van der Waals surface area contributed by atoms with Crippen molar-refractivity contribution in [3.63, 3.8) is 0 Å². The van der Waals surface area contributed by atoms with Crippen LogP contribution >= 0.6 is 36.2 Å². The van der Waals surface area contributed by atoms with Crippen molar-refractivity contribution in [1.82, 2.24) is 15.2 Å². The van der Waals surface area contributed by atoms with Crippen LogP contribution < -0.4 is 10.6 Å². The number of amides is 2. The summed E-state index contributed by atoms with van der Waals surface area (Å²) in [6, 6.07) is 0. The van der Waals surface area contributed by atoms with Gasteiger partial charge in [0.25, 0.3) is 0 Å². The normalized spacial score (nSPS) is 10.3. The molecule has 0 aliphatic carbocycles. The zero-order valence-corrected chi connectivity index (χ0v) is 16.6. The molecule has 0 spiro atoms. The van der Waals surface area contributed by atoms with E-state index in [0.717, 1.165) is 6.54 Å². The summed E-state index contributed by atoms with van der Waals surface area (Å²) in [6.45, 7) is 6.95. The highest BCUT2D eigenvalue weighted by Crippen LogP contribution is 2.20. The van der Waals surface area contributed by atoms with E-state index in [2.05, 4.69) is 15.6 Å². The fraction of sp³-hybridized carbons (Fsp3) is 0.643. The topological polar surface area (TPSA) is 74.3 Å². The van der Waals surface area contributed by atoms with Gasteiger partial charge in [0.1, 0.15) is 0 Å². The lowest BCUT2D eigenvalue weighted by Crippen LogP contribution is -2.33. The van der Waals surface area contributed by atoms with Crippen molar-refractivity contribution >= 4 is 53.1 Å². The van der Waals surface area contributed by atoms with Crippen LogP contribution in [0, 0.1) is 5.41 Å². The SMILES string of the molecule is CNCCN(C)C(=O)Cc1csc(NC(=O)C(C)(C)C)n1.Cl.Cl. The van der Waals surface area contributed by atoms with E-state index in [1.54, 1.807) is 11.9 Å². The van der Waals surface area contributed by atoms with Gasteiger partial charge < -0.3 is 15.5 Å². The van der Waals surface area contributed by atoms with Gasteiger partial charge in [-0.05, 0) is 7.05 Å². The van der Waals surface area contributed by atoms with Crippen molar-refractivity contribution in [2.45, 2.75) is 27.2 Å². The van der Waals surface area contributed by atoms with E-state index in [4.69, 9.17) is 0 Å². The molecule has 134 valence electrons. The standard InChI is InChI=1S/C14H24N4O2S.2ClH/c1-14(2,3)12(20)17-13-16-10(9-21-13)8-11(19)18(5)7-6-15-4;;/h9,15H,6-8H2,1-5H3,(H,16,17,20);2*1H. The molecule has 1 heterocycles. The van der Waals surface area contributed by atoms with Crippen molar-refractivity contribution in [3.8, 4) is 0 Å². The lowest BCUT2D eigenvalue weighted by atomic mass is 9.96. The zero-order valence-electron chi connectivity index (χ0n) is 14.1. The molecule has 0 aromatic carbocycles. The number of nitrogens with zero attached hydrogens (tertiary/aromatic N) is 2. The number of thiazole rings is 1. The van der Waals surface area contributed by atoms with Gasteiger partial charge in [-0.3, -0.25) is 9.59 Å². The molecule has 0 atom stereocenters. The fourth-order valence-electron chi connectivity index (χ4n) is 1.42. The third-order valence-corrected chi connectivity index (χ3v) is 3.72. The van der Waals surface area contributed by atoms with E-state index in [1.165, 1.54) is 11.3 Å². The van der Waals surface area contributed by atoms with Gasteiger partial charge in [-0.2, -0.15) is 0 Å². The zero-order chi connectivity index (χ0) is 16.0. The second kappa shape index (κ2) is 10.8. The van der Waals surface area contributed by atoms with E-state index < -0.39 is 5.41 Å². The van der Waals surface area contributed by atoms with E-state index in [0.29, 0.717) is 17.4 Å². The van der Waals surface area contributed by atoms with Gasteiger partial charge >= 0.3 is 0 Å². The highest BCUT2D eigenvalue weighted by molar-refractivity contribution is 7.13. The Kier molecular flexibility index (Phi) is 11.4. The first kappa shape index (κ1) is 24.4. The molecule has 1 aromatic heterocycles. The van der Waals surface area contributed by atoms with Crippen LogP contribution in [-0.4, -0.2) is 48.9 Å². The predicted molar refractivity (Wildman–Crippen MR) is 100.0 cm³/mol. The number of carbonyl (C=O) groups excluding carboxylic acids is 2. The number of likely N-dealkylation sites (N-methyl/N-ethyl adjacent to an activating group) is 2. The van der Waals surface area contributed by atoms with Gasteiger partial charge in [0.05, 0.1) is 12.1 Å². The smallest absolute Gasteiger partial charge is 0.231 e. The maximum absolute atomic E-state index is 12.0. The molecule has 0 saturated heterocycles. The minimum atomic E-state index is -0.463. The summed E-state index contributed by atoms with van der Waals surface area (Å²) in [5, 5.41) is 8.12. The Morgan fingerprint density at radius 2 is 1.91 bits per heavy atom. The molecular weight excluding hydrogens is 359 g/mol. The summed E-state index contributed by atoms with van der Waals surface area (Å²) in [6.07, 6.45) is 0.252. The van der Waals surface area contributed by atoms with Gasteiger partial charge in [0, 0.05) is 30.9 Å². The fourth-order valence-corrected chi connectivity index (χ4v) is 2.13. The first-order valence-corrected chi connectivity index (χ1v) is 7.76. The highest BCUT2D eigenvalue weighted by Gasteiger charge is 2.22. The molecule has 23 heavy (non-hydrogen) atoms. The molecule has 0 aliphatic heterocycles. The van der Waals surface area contributed by atoms with Crippen LogP contribution in [0.4, 0.5) is 5.13 Å². The number of hydrogen-bond acceptors (Lipinski definition) is 5. The van der Waals surface area contributed by atoms with Crippen LogP contribution in [0.2, 0.25) is 0 Å². The maximum atomic E-state index is 12.0. The van der Waals surface area contributed by atoms with Crippen LogP contribution in [0.25, 0.3) is 0 Å². The van der Waals surface area contributed by atoms with Crippen LogP contribution in [0.3, 0.4) is 0 Å². The number of nitrogens with one attached hydrogen (secondary N) is 2. The minimum absolute atomic E-state index is 0. The Bertz CT molecular complexity index is 503. The third kappa shape index (κ3) is 8.50. The van der Waals surface area contributed by atoms with Crippen LogP contribution in [0.5, 0.6) is 0 Å². The van der Waals surface area contributed by atoms with E-state index in [9.17, 15) is 9.59 Å². The molecule has 0 aliphatic rings. The second-order valence-corrected chi connectivity index (χ2v) is 6.80. The van der Waals surface area contributed by atoms with Crippen molar-refractivity contribution in [3.05, 3.63) is 11.1 Å². The summed E-state index contributed by atoms with van der Waals surface area (Å²) < 4.78 is 0. The summed E-state index contributed by atoms with van der Waals surface area (Å²) in [5.74, 6) is -0.0647. The first-order valence-electron chi connectivity index (χ1n) is 6.88. The van der Waals surface area contributed by atoms with E-state index >= 15 is 0 Å². The van der Waals surface area contributed by atoms with E-state index in [-0.39, 0.29) is 43.0 Å². The molecule has 2 N–H and O–H groups in total. The van der Waals surface area contributed by atoms with E-state index in [1.807, 2.05) is 33.2 Å². The Balaban J connectivity index is 0. The highest BCUT2D eigenvalue weighted by atomic mass is 35.5. The summed E-state index contributed by atoms with van der Waals surface area (Å²) in [4.78, 5) is 29.8. The molecular formula is C14H26Cl2N4O2S. The van der Waals surface area contributed by atoms with Crippen molar-refractivity contribution < 1.29 is 9.59 Å². The van der Waals surface area contributed by atoms with Gasteiger partial charge in [-0.15, -0.1) is 36.2 Å². The monoisotopic (exact) mass is 384 g/mol. The van der Waals surface area contributed by atoms with Gasteiger partial charge in [0.2, 0.25) is 11.8 Å². The summed E-state index contributed by atoms with van der Waals surface area (Å²) in [7, 11) is 3.62. The minimum Gasteiger partial charge on any atom is -0.344 e. The quantitative estimate of drug-likeness (QED) is 0.787. The second-order valence-electron chi connectivity index (χ2n) is 5.94. The third-order valence-electron chi connectivity index (χ3n) is 2.91. The lowest BCUT2D eigenvalue weighted by molar-refractivity contribution is -0.129. The molecule has 1 rings (SSSR count). The molecule has 0 fully saturated rings. The molecule has 0 unspecified atom stereocenters. The molecule has 0 radical (unpaired) electrons. The van der Waals surface area contributed by atoms with Crippen molar-refractivity contribution in [2.24, 2.45) is 5.41 Å². The molecule has 9 heteroatoms. The molecule has 0 bridgehead atoms. The average Bonchev–Trinajstić information content (AvgIpc) is 2.81. The predicted octanol–water partition coefficient (Wildman–Crippen LogP) is 2.19. The lowest BCUT2D eigenvalue weighted by Gasteiger charge is -2.16. The number of carbonyl (C=O) groups is 2. The maximum Gasteiger partial charge on any atom is 0.231 e. The number of rotatable bonds is 6. The number of hydrogen-bond donors (Lipinski definition) is 2. The van der Waals surface area contributed by atoms with Gasteiger partial charge in [0.15, 0.2) is 5.13 Å². The molecule has 1 aromatic rings.